The van der Waals surface area contributed by atoms with Crippen molar-refractivity contribution in [3.63, 3.8) is 0 Å². The number of rotatable bonds is 8. The lowest BCUT2D eigenvalue weighted by Gasteiger charge is -2.30. The number of nitrogens with one attached hydrogen (secondary N) is 1. The highest BCUT2D eigenvalue weighted by molar-refractivity contribution is 5.92. The van der Waals surface area contributed by atoms with Crippen LogP contribution in [0.15, 0.2) is 30.3 Å². The molecule has 0 atom stereocenters. The van der Waals surface area contributed by atoms with Crippen molar-refractivity contribution in [1.29, 1.82) is 0 Å². The van der Waals surface area contributed by atoms with Crippen molar-refractivity contribution < 1.29 is 29.3 Å². The molecule has 4 rings (SSSR count). The van der Waals surface area contributed by atoms with Gasteiger partial charge in [0, 0.05) is 24.7 Å². The van der Waals surface area contributed by atoms with Crippen molar-refractivity contribution in [3.8, 4) is 28.6 Å². The fraction of sp³-hybridized carbons (Fsp3) is 0.407. The Morgan fingerprint density at radius 2 is 1.82 bits per heavy atom. The number of aromatic hydroxyl groups is 2. The van der Waals surface area contributed by atoms with Gasteiger partial charge in [-0.25, -0.2) is 4.39 Å². The van der Waals surface area contributed by atoms with E-state index < -0.39 is 17.7 Å². The molecule has 1 aromatic heterocycles. The van der Waals surface area contributed by atoms with Crippen LogP contribution in [0.25, 0.3) is 17.1 Å². The molecular formula is C27H32FN5O5. The third-order valence-electron chi connectivity index (χ3n) is 6.84. The number of amides is 1. The summed E-state index contributed by atoms with van der Waals surface area (Å²) in [6.45, 7) is 7.33. The summed E-state index contributed by atoms with van der Waals surface area (Å²) in [5.41, 5.74) is 1.53. The van der Waals surface area contributed by atoms with Crippen LogP contribution in [0.5, 0.6) is 11.5 Å². The number of phenolic OH excluding ortho intramolecular Hbond substituents is 2. The third-order valence-corrected chi connectivity index (χ3v) is 6.84. The number of hydrogen-bond acceptors (Lipinski definition) is 7. The van der Waals surface area contributed by atoms with Gasteiger partial charge in [-0.05, 0) is 62.5 Å². The van der Waals surface area contributed by atoms with E-state index in [1.54, 1.807) is 25.1 Å². The van der Waals surface area contributed by atoms with Gasteiger partial charge in [-0.15, -0.1) is 10.2 Å². The lowest BCUT2D eigenvalue weighted by molar-refractivity contribution is -0.143. The molecule has 1 aliphatic rings. The molecule has 1 aliphatic heterocycles. The number of aliphatic carboxylic acids is 1. The van der Waals surface area contributed by atoms with E-state index in [0.29, 0.717) is 50.1 Å². The minimum atomic E-state index is -0.798. The Balaban J connectivity index is 1.72. The van der Waals surface area contributed by atoms with Crippen molar-refractivity contribution >= 4 is 11.9 Å². The first-order valence-corrected chi connectivity index (χ1v) is 12.6. The van der Waals surface area contributed by atoms with E-state index >= 15 is 4.39 Å². The second-order valence-corrected chi connectivity index (χ2v) is 9.79. The summed E-state index contributed by atoms with van der Waals surface area (Å²) in [5.74, 6) is -2.54. The van der Waals surface area contributed by atoms with Crippen molar-refractivity contribution in [2.45, 2.75) is 46.1 Å². The number of piperidine rings is 1. The number of carboxylic acid groups (broad SMARTS) is 1. The average Bonchev–Trinajstić information content (AvgIpc) is 3.30. The quantitative estimate of drug-likeness (QED) is 0.349. The maximum Gasteiger partial charge on any atom is 0.306 e. The molecule has 4 N–H and O–H groups in total. The molecule has 202 valence electrons. The fourth-order valence-corrected chi connectivity index (χ4v) is 4.71. The van der Waals surface area contributed by atoms with E-state index in [0.717, 1.165) is 0 Å². The second-order valence-electron chi connectivity index (χ2n) is 9.79. The largest absolute Gasteiger partial charge is 0.508 e. The van der Waals surface area contributed by atoms with E-state index in [4.69, 9.17) is 0 Å². The Labute approximate surface area is 219 Å². The summed E-state index contributed by atoms with van der Waals surface area (Å²) in [6, 6.07) is 7.36. The van der Waals surface area contributed by atoms with Gasteiger partial charge < -0.3 is 20.6 Å². The molecule has 2 aromatic carbocycles. The molecule has 1 amide bonds. The molecule has 1 fully saturated rings. The van der Waals surface area contributed by atoms with Gasteiger partial charge in [0.25, 0.3) is 5.91 Å². The van der Waals surface area contributed by atoms with Crippen molar-refractivity contribution in [2.24, 2.45) is 5.92 Å². The minimum absolute atomic E-state index is 0.0640. The molecule has 1 saturated heterocycles. The van der Waals surface area contributed by atoms with Crippen molar-refractivity contribution in [2.75, 3.05) is 19.6 Å². The van der Waals surface area contributed by atoms with E-state index in [9.17, 15) is 24.9 Å². The number of phenols is 2. The summed E-state index contributed by atoms with van der Waals surface area (Å²) in [4.78, 5) is 26.0. The number of benzene rings is 2. The van der Waals surface area contributed by atoms with Gasteiger partial charge >= 0.3 is 5.97 Å². The number of carboxylic acids is 1. The lowest BCUT2D eigenvalue weighted by Crippen LogP contribution is -2.36. The molecule has 0 aliphatic carbocycles. The first-order valence-electron chi connectivity index (χ1n) is 12.6. The van der Waals surface area contributed by atoms with Gasteiger partial charge in [-0.1, -0.05) is 19.9 Å². The maximum absolute atomic E-state index is 15.4. The Morgan fingerprint density at radius 1 is 1.11 bits per heavy atom. The molecular weight excluding hydrogens is 493 g/mol. The maximum atomic E-state index is 15.4. The Kier molecular flexibility index (Phi) is 7.96. The number of carbonyl (C=O) groups excluding carboxylic acids is 1. The molecule has 0 unspecified atom stereocenters. The highest BCUT2D eigenvalue weighted by Gasteiger charge is 2.27. The zero-order valence-corrected chi connectivity index (χ0v) is 21.6. The van der Waals surface area contributed by atoms with Crippen molar-refractivity contribution in [1.82, 2.24) is 25.0 Å². The molecule has 0 bridgehead atoms. The van der Waals surface area contributed by atoms with E-state index in [1.165, 1.54) is 16.7 Å². The minimum Gasteiger partial charge on any atom is -0.508 e. The normalized spacial score (nSPS) is 14.7. The molecule has 2 heterocycles. The number of hydrogen-bond donors (Lipinski definition) is 4. The Hall–Kier alpha value is -3.99. The second kappa shape index (κ2) is 11.2. The topological polar surface area (TPSA) is 141 Å². The van der Waals surface area contributed by atoms with Crippen LogP contribution in [0.3, 0.4) is 0 Å². The van der Waals surface area contributed by atoms with Crippen LogP contribution < -0.4 is 5.32 Å². The lowest BCUT2D eigenvalue weighted by atomic mass is 9.97. The van der Waals surface area contributed by atoms with Gasteiger partial charge in [0.15, 0.2) is 5.82 Å². The van der Waals surface area contributed by atoms with Gasteiger partial charge in [-0.3, -0.25) is 19.1 Å². The molecule has 38 heavy (non-hydrogen) atoms. The summed E-state index contributed by atoms with van der Waals surface area (Å²) < 4.78 is 16.7. The zero-order chi connectivity index (χ0) is 27.6. The molecule has 0 spiro atoms. The highest BCUT2D eigenvalue weighted by atomic mass is 19.1. The fourth-order valence-electron chi connectivity index (χ4n) is 4.71. The summed E-state index contributed by atoms with van der Waals surface area (Å²) in [7, 11) is 0. The van der Waals surface area contributed by atoms with Crippen LogP contribution in [-0.4, -0.2) is 66.5 Å². The van der Waals surface area contributed by atoms with Crippen LogP contribution in [0.4, 0.5) is 4.39 Å². The first-order chi connectivity index (χ1) is 18.1. The van der Waals surface area contributed by atoms with Crippen LogP contribution in [-0.2, 0) is 11.3 Å². The van der Waals surface area contributed by atoms with Crippen LogP contribution in [0.2, 0.25) is 0 Å². The zero-order valence-electron chi connectivity index (χ0n) is 21.6. The number of halogens is 1. The average molecular weight is 526 g/mol. The summed E-state index contributed by atoms with van der Waals surface area (Å²) in [6.07, 6.45) is 1.03. The van der Waals surface area contributed by atoms with Crippen LogP contribution in [0.1, 0.15) is 61.3 Å². The summed E-state index contributed by atoms with van der Waals surface area (Å²) >= 11 is 0. The first kappa shape index (κ1) is 27.1. The predicted molar refractivity (Wildman–Crippen MR) is 138 cm³/mol. The standard InChI is InChI=1S/C27H32FN5O5/c1-4-29-26(36)25-31-30-24(20-12-19(15(2)3)22(34)13-23(20)35)33(25)18-6-5-17(21(28)11-18)14-32-9-7-16(8-10-32)27(37)38/h5-6,11-13,15-16,34-35H,4,7-10,14H2,1-3H3,(H,29,36)(H,37,38). The van der Waals surface area contributed by atoms with Crippen LogP contribution in [0, 0.1) is 11.7 Å². The molecule has 10 nitrogen and oxygen atoms in total. The van der Waals surface area contributed by atoms with Gasteiger partial charge in [0.05, 0.1) is 17.2 Å². The summed E-state index contributed by atoms with van der Waals surface area (Å²) in [5, 5.41) is 41.0. The monoisotopic (exact) mass is 525 g/mol. The van der Waals surface area contributed by atoms with Crippen LogP contribution >= 0.6 is 0 Å². The Morgan fingerprint density at radius 3 is 2.42 bits per heavy atom. The molecule has 0 radical (unpaired) electrons. The van der Waals surface area contributed by atoms with E-state index in [2.05, 4.69) is 15.5 Å². The number of likely N-dealkylation sites (tertiary alicyclic amines) is 1. The third kappa shape index (κ3) is 5.47. The number of aromatic nitrogens is 3. The molecule has 0 saturated carbocycles. The molecule has 3 aromatic rings. The van der Waals surface area contributed by atoms with Gasteiger partial charge in [0.2, 0.25) is 5.82 Å². The highest BCUT2D eigenvalue weighted by Crippen LogP contribution is 2.38. The Bertz CT molecular complexity index is 1350. The van der Waals surface area contributed by atoms with Gasteiger partial charge in [-0.2, -0.15) is 0 Å². The number of nitrogens with zero attached hydrogens (tertiary/aromatic N) is 4. The smallest absolute Gasteiger partial charge is 0.306 e. The van der Waals surface area contributed by atoms with Gasteiger partial charge in [0.1, 0.15) is 17.3 Å². The molecule has 11 heteroatoms. The SMILES string of the molecule is CCNC(=O)c1nnc(-c2cc(C(C)C)c(O)cc2O)n1-c1ccc(CN2CCC(C(=O)O)CC2)c(F)c1. The van der Waals surface area contributed by atoms with E-state index in [-0.39, 0.29) is 46.2 Å². The van der Waals surface area contributed by atoms with E-state index in [1.807, 2.05) is 18.7 Å². The number of carbonyl (C=O) groups is 2. The predicted octanol–water partition coefficient (Wildman–Crippen LogP) is 3.65. The van der Waals surface area contributed by atoms with Crippen molar-refractivity contribution in [3.05, 3.63) is 53.1 Å².